The van der Waals surface area contributed by atoms with Gasteiger partial charge in [-0.3, -0.25) is 9.88 Å². The number of aliphatic hydroxyl groups is 1. The largest absolute Gasteiger partial charge is 0.485 e. The molecule has 128 valence electrons. The van der Waals surface area contributed by atoms with Crippen molar-refractivity contribution in [3.05, 3.63) is 53.9 Å². The van der Waals surface area contributed by atoms with E-state index >= 15 is 0 Å². The molecule has 0 unspecified atom stereocenters. The lowest BCUT2D eigenvalue weighted by atomic mass is 9.85. The van der Waals surface area contributed by atoms with E-state index in [9.17, 15) is 15.2 Å². The molecule has 0 bridgehead atoms. The number of hydrogen-bond acceptors (Lipinski definition) is 5. The molecule has 0 aliphatic carbocycles. The third kappa shape index (κ3) is 2.88. The number of pyridine rings is 1. The quantitative estimate of drug-likeness (QED) is 0.871. The smallest absolute Gasteiger partial charge is 0.319 e. The van der Waals surface area contributed by atoms with Crippen LogP contribution in [0.3, 0.4) is 0 Å². The first-order valence-corrected chi connectivity index (χ1v) is 7.75. The number of amides is 2. The summed E-state index contributed by atoms with van der Waals surface area (Å²) in [4.78, 5) is 17.5. The molecule has 7 nitrogen and oxygen atoms in total. The van der Waals surface area contributed by atoms with Crippen molar-refractivity contribution in [2.24, 2.45) is 5.73 Å². The lowest BCUT2D eigenvalue weighted by molar-refractivity contribution is -0.0571. The van der Waals surface area contributed by atoms with Gasteiger partial charge in [0.25, 0.3) is 0 Å². The van der Waals surface area contributed by atoms with Gasteiger partial charge < -0.3 is 15.6 Å². The van der Waals surface area contributed by atoms with Crippen LogP contribution in [0.15, 0.2) is 42.7 Å². The second-order valence-electron chi connectivity index (χ2n) is 6.38. The number of nitrogens with two attached hydrogens (primary N) is 1. The Kier molecular flexibility index (Phi) is 4.07. The number of nitriles is 1. The second-order valence-corrected chi connectivity index (χ2v) is 6.38. The molecule has 2 atom stereocenters. The predicted octanol–water partition coefficient (Wildman–Crippen LogP) is 2.11. The van der Waals surface area contributed by atoms with Crippen molar-refractivity contribution in [2.75, 3.05) is 4.90 Å². The van der Waals surface area contributed by atoms with Crippen molar-refractivity contribution in [1.29, 1.82) is 5.26 Å². The Bertz CT molecular complexity index is 845. The van der Waals surface area contributed by atoms with Crippen molar-refractivity contribution in [2.45, 2.75) is 31.6 Å². The zero-order valence-corrected chi connectivity index (χ0v) is 13.9. The number of rotatable bonds is 2. The van der Waals surface area contributed by atoms with Gasteiger partial charge in [0.15, 0.2) is 0 Å². The van der Waals surface area contributed by atoms with Gasteiger partial charge in [-0.15, -0.1) is 0 Å². The number of aliphatic hydroxyl groups excluding tert-OH is 1. The summed E-state index contributed by atoms with van der Waals surface area (Å²) in [6.45, 7) is 3.46. The summed E-state index contributed by atoms with van der Waals surface area (Å²) < 4.78 is 5.87. The van der Waals surface area contributed by atoms with Gasteiger partial charge in [-0.25, -0.2) is 4.79 Å². The number of urea groups is 1. The van der Waals surface area contributed by atoms with Crippen molar-refractivity contribution >= 4 is 11.7 Å². The number of carbonyl (C=O) groups is 1. The summed E-state index contributed by atoms with van der Waals surface area (Å²) >= 11 is 0. The minimum atomic E-state index is -1.07. The number of carbonyl (C=O) groups excluding carboxylic acids is 1. The average Bonchev–Trinajstić information content (AvgIpc) is 2.59. The maximum Gasteiger partial charge on any atom is 0.319 e. The number of nitrogens with zero attached hydrogens (tertiary/aromatic N) is 3. The van der Waals surface area contributed by atoms with Crippen LogP contribution in [0.4, 0.5) is 10.5 Å². The minimum absolute atomic E-state index is 0.398. The van der Waals surface area contributed by atoms with Gasteiger partial charge in [-0.1, -0.05) is 0 Å². The van der Waals surface area contributed by atoms with Crippen molar-refractivity contribution < 1.29 is 14.6 Å². The molecule has 0 fully saturated rings. The predicted molar refractivity (Wildman–Crippen MR) is 90.9 cm³/mol. The van der Waals surface area contributed by atoms with Crippen LogP contribution in [0.5, 0.6) is 5.75 Å². The van der Waals surface area contributed by atoms with E-state index in [1.165, 1.54) is 11.1 Å². The van der Waals surface area contributed by atoms with Gasteiger partial charge in [-0.2, -0.15) is 5.26 Å². The maximum absolute atomic E-state index is 12.2. The molecule has 2 amide bonds. The molecular formula is C18H18N4O3. The second kappa shape index (κ2) is 6.07. The van der Waals surface area contributed by atoms with Crippen molar-refractivity contribution in [1.82, 2.24) is 4.98 Å². The highest BCUT2D eigenvalue weighted by molar-refractivity contribution is 5.91. The average molecular weight is 338 g/mol. The van der Waals surface area contributed by atoms with Crippen LogP contribution < -0.4 is 15.4 Å². The molecule has 7 heteroatoms. The molecule has 3 rings (SSSR count). The Morgan fingerprint density at radius 2 is 2.20 bits per heavy atom. The molecule has 1 aliphatic heterocycles. The third-order valence-corrected chi connectivity index (χ3v) is 4.28. The van der Waals surface area contributed by atoms with E-state index in [0.717, 1.165) is 0 Å². The summed E-state index contributed by atoms with van der Waals surface area (Å²) in [6.07, 6.45) is 2.00. The highest BCUT2D eigenvalue weighted by Gasteiger charge is 2.47. The summed E-state index contributed by atoms with van der Waals surface area (Å²) in [6, 6.07) is 8.76. The van der Waals surface area contributed by atoms with E-state index in [1.54, 1.807) is 50.4 Å². The third-order valence-electron chi connectivity index (χ3n) is 4.28. The monoisotopic (exact) mass is 338 g/mol. The Balaban J connectivity index is 2.21. The van der Waals surface area contributed by atoms with Gasteiger partial charge >= 0.3 is 6.03 Å². The van der Waals surface area contributed by atoms with Crippen LogP contribution in [0.25, 0.3) is 0 Å². The molecule has 1 aliphatic rings. The fraction of sp³-hybridized carbons (Fsp3) is 0.278. The fourth-order valence-corrected chi connectivity index (χ4v) is 3.04. The van der Waals surface area contributed by atoms with Crippen molar-refractivity contribution in [3.63, 3.8) is 0 Å². The Labute approximate surface area is 145 Å². The molecule has 0 saturated heterocycles. The van der Waals surface area contributed by atoms with E-state index in [-0.39, 0.29) is 0 Å². The molecule has 2 heterocycles. The molecule has 25 heavy (non-hydrogen) atoms. The number of benzene rings is 1. The standard InChI is InChI=1S/C18H18N4O3/c1-18(2)16(23)15(13-8-11(9-19)5-6-14(13)25-18)22(17(20)24)12-4-3-7-21-10-12/h3-8,10,15-16,23H,1-2H3,(H2,20,24)/t15-,16+/m0/s1. The summed E-state index contributed by atoms with van der Waals surface area (Å²) in [5, 5.41) is 20.1. The van der Waals surface area contributed by atoms with Gasteiger partial charge in [0.2, 0.25) is 0 Å². The number of ether oxygens (including phenoxy) is 1. The zero-order valence-electron chi connectivity index (χ0n) is 13.9. The topological polar surface area (TPSA) is 112 Å². The van der Waals surface area contributed by atoms with Crippen LogP contribution in [0.2, 0.25) is 0 Å². The lowest BCUT2D eigenvalue weighted by Gasteiger charge is -2.45. The maximum atomic E-state index is 12.2. The molecule has 0 radical (unpaired) electrons. The van der Waals surface area contributed by atoms with Crippen LogP contribution in [0, 0.1) is 11.3 Å². The number of anilines is 1. The summed E-state index contributed by atoms with van der Waals surface area (Å²) in [7, 11) is 0. The Morgan fingerprint density at radius 1 is 1.44 bits per heavy atom. The molecule has 0 saturated carbocycles. The number of hydrogen-bond donors (Lipinski definition) is 2. The van der Waals surface area contributed by atoms with Gasteiger partial charge in [-0.05, 0) is 44.2 Å². The molecule has 2 aromatic rings. The van der Waals surface area contributed by atoms with E-state index in [1.807, 2.05) is 0 Å². The highest BCUT2D eigenvalue weighted by atomic mass is 16.5. The van der Waals surface area contributed by atoms with Gasteiger partial charge in [0.05, 0.1) is 29.6 Å². The first-order valence-electron chi connectivity index (χ1n) is 7.75. The molecule has 0 spiro atoms. The van der Waals surface area contributed by atoms with Crippen LogP contribution in [-0.2, 0) is 0 Å². The van der Waals surface area contributed by atoms with Crippen LogP contribution in [-0.4, -0.2) is 27.8 Å². The molecule has 1 aromatic heterocycles. The Hall–Kier alpha value is -3.11. The minimum Gasteiger partial charge on any atom is -0.485 e. The Morgan fingerprint density at radius 3 is 2.80 bits per heavy atom. The number of aromatic nitrogens is 1. The van der Waals surface area contributed by atoms with Crippen LogP contribution in [0.1, 0.15) is 31.0 Å². The lowest BCUT2D eigenvalue weighted by Crippen LogP contribution is -2.56. The van der Waals surface area contributed by atoms with Crippen molar-refractivity contribution in [3.8, 4) is 11.8 Å². The van der Waals surface area contributed by atoms with E-state index in [0.29, 0.717) is 22.6 Å². The van der Waals surface area contributed by atoms with Gasteiger partial charge in [0, 0.05) is 11.8 Å². The number of primary amides is 1. The SMILES string of the molecule is CC1(C)Oc2ccc(C#N)cc2[C@H](N(C(N)=O)c2cccnc2)[C@H]1O. The number of fused-ring (bicyclic) bond motifs is 1. The fourth-order valence-electron chi connectivity index (χ4n) is 3.04. The first kappa shape index (κ1) is 16.7. The normalized spacial score (nSPS) is 20.7. The first-order chi connectivity index (χ1) is 11.8. The van der Waals surface area contributed by atoms with E-state index < -0.39 is 23.8 Å². The molecule has 3 N–H and O–H groups in total. The molecule has 1 aromatic carbocycles. The molecular weight excluding hydrogens is 320 g/mol. The zero-order chi connectivity index (χ0) is 18.2. The highest BCUT2D eigenvalue weighted by Crippen LogP contribution is 2.44. The summed E-state index contributed by atoms with van der Waals surface area (Å²) in [5.74, 6) is 0.495. The summed E-state index contributed by atoms with van der Waals surface area (Å²) in [5.41, 5.74) is 6.03. The van der Waals surface area contributed by atoms with Gasteiger partial charge in [0.1, 0.15) is 17.5 Å². The van der Waals surface area contributed by atoms with E-state index in [4.69, 9.17) is 10.5 Å². The van der Waals surface area contributed by atoms with Crippen LogP contribution >= 0.6 is 0 Å². The van der Waals surface area contributed by atoms with E-state index in [2.05, 4.69) is 11.1 Å².